The first-order valence-corrected chi connectivity index (χ1v) is 8.71. The normalized spacial score (nSPS) is 17.1. The van der Waals surface area contributed by atoms with Crippen LogP contribution in [0, 0.1) is 0 Å². The Morgan fingerprint density at radius 3 is 2.64 bits per heavy atom. The molecular weight excluding hydrogens is 336 g/mol. The van der Waals surface area contributed by atoms with Gasteiger partial charge in [0.2, 0.25) is 0 Å². The maximum atomic E-state index is 12.2. The molecule has 3 nitrogen and oxygen atoms in total. The fraction of sp³-hybridized carbons (Fsp3) is 0.238. The number of esters is 1. The van der Waals surface area contributed by atoms with Crippen molar-refractivity contribution in [3.63, 3.8) is 0 Å². The Morgan fingerprint density at radius 2 is 1.92 bits per heavy atom. The van der Waals surface area contributed by atoms with Gasteiger partial charge in [-0.2, -0.15) is 0 Å². The summed E-state index contributed by atoms with van der Waals surface area (Å²) in [5, 5.41) is 0.684. The van der Waals surface area contributed by atoms with Gasteiger partial charge >= 0.3 is 5.97 Å². The summed E-state index contributed by atoms with van der Waals surface area (Å²) in [6.45, 7) is 2.11. The van der Waals surface area contributed by atoms with Crippen molar-refractivity contribution in [2.45, 2.75) is 25.7 Å². The van der Waals surface area contributed by atoms with E-state index in [4.69, 9.17) is 16.3 Å². The van der Waals surface area contributed by atoms with Gasteiger partial charge in [-0.05, 0) is 66.3 Å². The van der Waals surface area contributed by atoms with Crippen molar-refractivity contribution in [3.05, 3.63) is 76.3 Å². The van der Waals surface area contributed by atoms with Crippen molar-refractivity contribution in [3.8, 4) is 0 Å². The molecule has 25 heavy (non-hydrogen) atoms. The lowest BCUT2D eigenvalue weighted by atomic mass is 9.81. The molecule has 0 bridgehead atoms. The van der Waals surface area contributed by atoms with Crippen molar-refractivity contribution < 1.29 is 14.3 Å². The third-order valence-electron chi connectivity index (χ3n) is 4.34. The minimum atomic E-state index is -0.346. The van der Waals surface area contributed by atoms with Crippen LogP contribution in [0.25, 0.3) is 5.57 Å². The molecule has 0 saturated carbocycles. The fourth-order valence-electron chi connectivity index (χ4n) is 3.12. The van der Waals surface area contributed by atoms with Gasteiger partial charge in [0.15, 0.2) is 5.78 Å². The van der Waals surface area contributed by atoms with Gasteiger partial charge in [0.05, 0.1) is 12.2 Å². The smallest absolute Gasteiger partial charge is 0.338 e. The van der Waals surface area contributed by atoms with Gasteiger partial charge in [0.1, 0.15) is 0 Å². The summed E-state index contributed by atoms with van der Waals surface area (Å²) in [7, 11) is 0. The van der Waals surface area contributed by atoms with Gasteiger partial charge in [-0.1, -0.05) is 35.9 Å². The Morgan fingerprint density at radius 1 is 1.16 bits per heavy atom. The van der Waals surface area contributed by atoms with E-state index in [9.17, 15) is 9.59 Å². The maximum Gasteiger partial charge on any atom is 0.338 e. The van der Waals surface area contributed by atoms with Crippen LogP contribution in [0.15, 0.2) is 54.6 Å². The third-order valence-corrected chi connectivity index (χ3v) is 4.59. The Balaban J connectivity index is 1.86. The molecule has 0 amide bonds. The molecule has 128 valence electrons. The number of rotatable bonds is 4. The highest BCUT2D eigenvalue weighted by molar-refractivity contribution is 6.30. The number of benzene rings is 2. The van der Waals surface area contributed by atoms with E-state index in [2.05, 4.69) is 0 Å². The molecule has 0 unspecified atom stereocenters. The zero-order valence-electron chi connectivity index (χ0n) is 14.0. The molecule has 1 atom stereocenters. The maximum absolute atomic E-state index is 12.2. The highest BCUT2D eigenvalue weighted by Crippen LogP contribution is 2.36. The van der Waals surface area contributed by atoms with Crippen molar-refractivity contribution >= 4 is 28.9 Å². The third kappa shape index (κ3) is 4.18. The Kier molecular flexibility index (Phi) is 5.34. The van der Waals surface area contributed by atoms with Crippen LogP contribution in [0.3, 0.4) is 0 Å². The van der Waals surface area contributed by atoms with Gasteiger partial charge in [0.25, 0.3) is 0 Å². The summed E-state index contributed by atoms with van der Waals surface area (Å²) in [5.41, 5.74) is 3.44. The van der Waals surface area contributed by atoms with E-state index >= 15 is 0 Å². The number of hydrogen-bond donors (Lipinski definition) is 0. The molecule has 0 spiro atoms. The second-order valence-corrected chi connectivity index (χ2v) is 6.53. The summed E-state index contributed by atoms with van der Waals surface area (Å²) in [4.78, 5) is 24.2. The van der Waals surface area contributed by atoms with E-state index in [1.165, 1.54) is 0 Å². The molecule has 4 heteroatoms. The standard InChI is InChI=1S/C21H19ClO3/c1-2-25-21(24)16-5-3-4-15(10-16)18-11-17(12-20(23)13-18)14-6-8-19(22)9-7-14/h3-10,13,17H,2,11-12H2,1H3/t17-/m1/s1. The summed E-state index contributed by atoms with van der Waals surface area (Å²) in [5.74, 6) is -0.125. The Bertz CT molecular complexity index is 821. The summed E-state index contributed by atoms with van der Waals surface area (Å²) >= 11 is 5.95. The average molecular weight is 355 g/mol. The number of allylic oxidation sites excluding steroid dienone is 2. The number of carbonyl (C=O) groups is 2. The van der Waals surface area contributed by atoms with Crippen LogP contribution < -0.4 is 0 Å². The molecule has 0 heterocycles. The van der Waals surface area contributed by atoms with Gasteiger partial charge in [-0.3, -0.25) is 4.79 Å². The number of halogens is 1. The highest BCUT2D eigenvalue weighted by atomic mass is 35.5. The molecule has 0 fully saturated rings. The second-order valence-electron chi connectivity index (χ2n) is 6.09. The topological polar surface area (TPSA) is 43.4 Å². The van der Waals surface area contributed by atoms with Crippen LogP contribution in [0.2, 0.25) is 5.02 Å². The molecule has 0 radical (unpaired) electrons. The van der Waals surface area contributed by atoms with E-state index in [1.807, 2.05) is 36.4 Å². The number of ether oxygens (including phenoxy) is 1. The average Bonchev–Trinajstić information content (AvgIpc) is 2.62. The van der Waals surface area contributed by atoms with Crippen LogP contribution in [0.1, 0.15) is 47.2 Å². The summed E-state index contributed by atoms with van der Waals surface area (Å²) in [6.07, 6.45) is 2.93. The minimum absolute atomic E-state index is 0.0998. The first-order valence-electron chi connectivity index (χ1n) is 8.33. The number of ketones is 1. The lowest BCUT2D eigenvalue weighted by Gasteiger charge is -2.23. The molecule has 0 saturated heterocycles. The molecule has 3 rings (SSSR count). The zero-order chi connectivity index (χ0) is 17.8. The SMILES string of the molecule is CCOC(=O)c1cccc(C2=CC(=O)C[C@H](c3ccc(Cl)cc3)C2)c1. The second kappa shape index (κ2) is 7.66. The molecule has 1 aliphatic carbocycles. The van der Waals surface area contributed by atoms with Crippen LogP contribution in [0.5, 0.6) is 0 Å². The molecule has 0 aliphatic heterocycles. The van der Waals surface area contributed by atoms with E-state index in [1.54, 1.807) is 25.1 Å². The highest BCUT2D eigenvalue weighted by Gasteiger charge is 2.23. The van der Waals surface area contributed by atoms with E-state index < -0.39 is 0 Å². The number of carbonyl (C=O) groups excluding carboxylic acids is 2. The molecule has 2 aromatic rings. The quantitative estimate of drug-likeness (QED) is 0.722. The van der Waals surface area contributed by atoms with Crippen molar-refractivity contribution in [1.29, 1.82) is 0 Å². The van der Waals surface area contributed by atoms with Crippen molar-refractivity contribution in [1.82, 2.24) is 0 Å². The van der Waals surface area contributed by atoms with E-state index in [0.717, 1.165) is 23.1 Å². The molecule has 1 aliphatic rings. The van der Waals surface area contributed by atoms with E-state index in [-0.39, 0.29) is 17.7 Å². The fourth-order valence-corrected chi connectivity index (χ4v) is 3.25. The van der Waals surface area contributed by atoms with Crippen LogP contribution in [0.4, 0.5) is 0 Å². The predicted molar refractivity (Wildman–Crippen MR) is 98.8 cm³/mol. The minimum Gasteiger partial charge on any atom is -0.462 e. The van der Waals surface area contributed by atoms with Gasteiger partial charge in [-0.15, -0.1) is 0 Å². The lowest BCUT2D eigenvalue weighted by molar-refractivity contribution is -0.115. The van der Waals surface area contributed by atoms with Crippen molar-refractivity contribution in [2.24, 2.45) is 0 Å². The molecule has 0 N–H and O–H groups in total. The summed E-state index contributed by atoms with van der Waals surface area (Å²) < 4.78 is 5.06. The molecular formula is C21H19ClO3. The first-order chi connectivity index (χ1) is 12.1. The van der Waals surface area contributed by atoms with E-state index in [0.29, 0.717) is 23.6 Å². The Labute approximate surface area is 152 Å². The van der Waals surface area contributed by atoms with Gasteiger partial charge < -0.3 is 4.74 Å². The largest absolute Gasteiger partial charge is 0.462 e. The van der Waals surface area contributed by atoms with Crippen LogP contribution in [-0.2, 0) is 9.53 Å². The van der Waals surface area contributed by atoms with Crippen LogP contribution in [-0.4, -0.2) is 18.4 Å². The van der Waals surface area contributed by atoms with Gasteiger partial charge in [0, 0.05) is 11.4 Å². The van der Waals surface area contributed by atoms with Crippen LogP contribution >= 0.6 is 11.6 Å². The van der Waals surface area contributed by atoms with Gasteiger partial charge in [-0.25, -0.2) is 4.79 Å². The molecule has 0 aromatic heterocycles. The molecule has 2 aromatic carbocycles. The number of hydrogen-bond acceptors (Lipinski definition) is 3. The monoisotopic (exact) mass is 354 g/mol. The first kappa shape index (κ1) is 17.4. The van der Waals surface area contributed by atoms with Crippen molar-refractivity contribution in [2.75, 3.05) is 6.61 Å². The summed E-state index contributed by atoms with van der Waals surface area (Å²) in [6, 6.07) is 14.9. The zero-order valence-corrected chi connectivity index (χ0v) is 14.8. The predicted octanol–water partition coefficient (Wildman–Crippen LogP) is 5.05. The Hall–Kier alpha value is -2.39. The lowest BCUT2D eigenvalue weighted by Crippen LogP contribution is -2.13.